The number of carbonyl (C=O) groups excluding carboxylic acids is 2. The SMILES string of the molecule is COC(=O)c1ccc(Nc2ccnc(C(=O)NCC(C)C)c2)cc1. The fourth-order valence-electron chi connectivity index (χ4n) is 1.99. The van der Waals surface area contributed by atoms with Gasteiger partial charge in [-0.25, -0.2) is 4.79 Å². The predicted molar refractivity (Wildman–Crippen MR) is 92.5 cm³/mol. The maximum atomic E-state index is 12.1. The van der Waals surface area contributed by atoms with E-state index in [0.717, 1.165) is 11.4 Å². The number of nitrogens with zero attached hydrogens (tertiary/aromatic N) is 1. The summed E-state index contributed by atoms with van der Waals surface area (Å²) in [6, 6.07) is 10.3. The highest BCUT2D eigenvalue weighted by molar-refractivity contribution is 5.93. The largest absolute Gasteiger partial charge is 0.465 e. The van der Waals surface area contributed by atoms with E-state index in [9.17, 15) is 9.59 Å². The molecule has 0 aliphatic rings. The molecule has 0 aliphatic carbocycles. The second kappa shape index (κ2) is 8.10. The maximum Gasteiger partial charge on any atom is 0.337 e. The lowest BCUT2D eigenvalue weighted by molar-refractivity contribution is 0.0600. The number of esters is 1. The van der Waals surface area contributed by atoms with Crippen molar-refractivity contribution in [1.29, 1.82) is 0 Å². The zero-order chi connectivity index (χ0) is 17.5. The zero-order valence-electron chi connectivity index (χ0n) is 14.0. The van der Waals surface area contributed by atoms with Gasteiger partial charge in [0.2, 0.25) is 0 Å². The number of hydrogen-bond acceptors (Lipinski definition) is 5. The molecule has 1 amide bonds. The summed E-state index contributed by atoms with van der Waals surface area (Å²) in [6.07, 6.45) is 1.58. The minimum absolute atomic E-state index is 0.201. The fraction of sp³-hybridized carbons (Fsp3) is 0.278. The first-order valence-corrected chi connectivity index (χ1v) is 7.69. The van der Waals surface area contributed by atoms with Gasteiger partial charge in [-0.15, -0.1) is 0 Å². The van der Waals surface area contributed by atoms with Gasteiger partial charge in [-0.05, 0) is 42.3 Å². The van der Waals surface area contributed by atoms with Crippen molar-refractivity contribution >= 4 is 23.3 Å². The Morgan fingerprint density at radius 1 is 1.12 bits per heavy atom. The molecule has 1 heterocycles. The number of anilines is 2. The minimum atomic E-state index is -0.380. The van der Waals surface area contributed by atoms with Gasteiger partial charge < -0.3 is 15.4 Å². The Morgan fingerprint density at radius 2 is 1.83 bits per heavy atom. The molecule has 0 radical (unpaired) electrons. The van der Waals surface area contributed by atoms with Crippen molar-refractivity contribution in [2.75, 3.05) is 19.0 Å². The van der Waals surface area contributed by atoms with Crippen LogP contribution in [0.2, 0.25) is 0 Å². The Bertz CT molecular complexity index is 712. The molecule has 6 nitrogen and oxygen atoms in total. The van der Waals surface area contributed by atoms with Crippen LogP contribution < -0.4 is 10.6 Å². The molecule has 0 saturated carbocycles. The quantitative estimate of drug-likeness (QED) is 0.797. The molecule has 0 unspecified atom stereocenters. The Hall–Kier alpha value is -2.89. The van der Waals surface area contributed by atoms with E-state index in [1.54, 1.807) is 42.6 Å². The summed E-state index contributed by atoms with van der Waals surface area (Å²) in [4.78, 5) is 27.6. The Morgan fingerprint density at radius 3 is 2.46 bits per heavy atom. The predicted octanol–water partition coefficient (Wildman–Crippen LogP) is 3.00. The molecule has 6 heteroatoms. The number of aromatic nitrogens is 1. The van der Waals surface area contributed by atoms with Crippen molar-refractivity contribution in [3.05, 3.63) is 53.9 Å². The lowest BCUT2D eigenvalue weighted by atomic mass is 10.2. The molecule has 24 heavy (non-hydrogen) atoms. The van der Waals surface area contributed by atoms with Crippen LogP contribution in [0.15, 0.2) is 42.6 Å². The monoisotopic (exact) mass is 327 g/mol. The van der Waals surface area contributed by atoms with E-state index in [1.165, 1.54) is 7.11 Å². The molecule has 2 aromatic rings. The van der Waals surface area contributed by atoms with Crippen LogP contribution in [0.5, 0.6) is 0 Å². The number of hydrogen-bond donors (Lipinski definition) is 2. The van der Waals surface area contributed by atoms with Crippen LogP contribution in [-0.4, -0.2) is 30.5 Å². The summed E-state index contributed by atoms with van der Waals surface area (Å²) in [6.45, 7) is 4.67. The molecule has 0 spiro atoms. The molecule has 2 rings (SSSR count). The lowest BCUT2D eigenvalue weighted by Crippen LogP contribution is -2.28. The normalized spacial score (nSPS) is 10.3. The van der Waals surface area contributed by atoms with Gasteiger partial charge in [0.15, 0.2) is 0 Å². The lowest BCUT2D eigenvalue weighted by Gasteiger charge is -2.10. The number of ether oxygens (including phenoxy) is 1. The second-order valence-electron chi connectivity index (χ2n) is 5.73. The van der Waals surface area contributed by atoms with Crippen LogP contribution >= 0.6 is 0 Å². The molecule has 0 aliphatic heterocycles. The molecule has 0 fully saturated rings. The highest BCUT2D eigenvalue weighted by atomic mass is 16.5. The summed E-state index contributed by atoms with van der Waals surface area (Å²) in [7, 11) is 1.34. The van der Waals surface area contributed by atoms with Crippen LogP contribution in [-0.2, 0) is 4.74 Å². The van der Waals surface area contributed by atoms with Gasteiger partial charge in [0.05, 0.1) is 12.7 Å². The van der Waals surface area contributed by atoms with Gasteiger partial charge in [0.25, 0.3) is 5.91 Å². The summed E-state index contributed by atoms with van der Waals surface area (Å²) < 4.78 is 4.66. The van der Waals surface area contributed by atoms with E-state index in [4.69, 9.17) is 0 Å². The van der Waals surface area contributed by atoms with Crippen LogP contribution in [0.1, 0.15) is 34.7 Å². The summed E-state index contributed by atoms with van der Waals surface area (Å²) >= 11 is 0. The van der Waals surface area contributed by atoms with Crippen LogP contribution in [0.4, 0.5) is 11.4 Å². The minimum Gasteiger partial charge on any atom is -0.465 e. The number of methoxy groups -OCH3 is 1. The van der Waals surface area contributed by atoms with Crippen LogP contribution in [0, 0.1) is 5.92 Å². The molecular weight excluding hydrogens is 306 g/mol. The number of pyridine rings is 1. The number of rotatable bonds is 6. The summed E-state index contributed by atoms with van der Waals surface area (Å²) in [5, 5.41) is 6.01. The Kier molecular flexibility index (Phi) is 5.89. The summed E-state index contributed by atoms with van der Waals surface area (Å²) in [5.74, 6) is -0.202. The third-order valence-corrected chi connectivity index (χ3v) is 3.26. The van der Waals surface area contributed by atoms with Gasteiger partial charge in [-0.3, -0.25) is 9.78 Å². The van der Waals surface area contributed by atoms with Gasteiger partial charge in [-0.2, -0.15) is 0 Å². The van der Waals surface area contributed by atoms with E-state index in [0.29, 0.717) is 23.7 Å². The molecular formula is C18H21N3O3. The topological polar surface area (TPSA) is 80.3 Å². The number of nitrogens with one attached hydrogen (secondary N) is 2. The van der Waals surface area contributed by atoms with Crippen molar-refractivity contribution in [2.45, 2.75) is 13.8 Å². The van der Waals surface area contributed by atoms with E-state index in [1.807, 2.05) is 13.8 Å². The van der Waals surface area contributed by atoms with E-state index in [-0.39, 0.29) is 11.9 Å². The average Bonchev–Trinajstić information content (AvgIpc) is 2.59. The Labute approximate surface area is 141 Å². The van der Waals surface area contributed by atoms with E-state index < -0.39 is 0 Å². The average molecular weight is 327 g/mol. The zero-order valence-corrected chi connectivity index (χ0v) is 14.0. The smallest absolute Gasteiger partial charge is 0.337 e. The number of amides is 1. The molecule has 0 bridgehead atoms. The standard InChI is InChI=1S/C18H21N3O3/c1-12(2)11-20-17(22)16-10-15(8-9-19-16)21-14-6-4-13(5-7-14)18(23)24-3/h4-10,12H,11H2,1-3H3,(H,19,21)(H,20,22). The highest BCUT2D eigenvalue weighted by Gasteiger charge is 2.09. The molecule has 2 N–H and O–H groups in total. The molecule has 0 atom stereocenters. The van der Waals surface area contributed by atoms with Gasteiger partial charge in [-0.1, -0.05) is 13.8 Å². The van der Waals surface area contributed by atoms with Crippen molar-refractivity contribution in [1.82, 2.24) is 10.3 Å². The first-order chi connectivity index (χ1) is 11.5. The first-order valence-electron chi connectivity index (χ1n) is 7.69. The van der Waals surface area contributed by atoms with Crippen molar-refractivity contribution in [2.24, 2.45) is 5.92 Å². The van der Waals surface area contributed by atoms with Crippen molar-refractivity contribution in [3.8, 4) is 0 Å². The number of carbonyl (C=O) groups is 2. The van der Waals surface area contributed by atoms with Crippen molar-refractivity contribution < 1.29 is 14.3 Å². The highest BCUT2D eigenvalue weighted by Crippen LogP contribution is 2.17. The van der Waals surface area contributed by atoms with Crippen LogP contribution in [0.25, 0.3) is 0 Å². The molecule has 0 saturated heterocycles. The third kappa shape index (κ3) is 4.81. The van der Waals surface area contributed by atoms with Crippen molar-refractivity contribution in [3.63, 3.8) is 0 Å². The first kappa shape index (κ1) is 17.5. The third-order valence-electron chi connectivity index (χ3n) is 3.26. The molecule has 1 aromatic heterocycles. The number of benzene rings is 1. The van der Waals surface area contributed by atoms with Gasteiger partial charge in [0, 0.05) is 24.1 Å². The van der Waals surface area contributed by atoms with Gasteiger partial charge in [0.1, 0.15) is 5.69 Å². The van der Waals surface area contributed by atoms with E-state index in [2.05, 4.69) is 20.4 Å². The Balaban J connectivity index is 2.06. The van der Waals surface area contributed by atoms with E-state index >= 15 is 0 Å². The van der Waals surface area contributed by atoms with Gasteiger partial charge >= 0.3 is 5.97 Å². The molecule has 1 aromatic carbocycles. The molecule has 126 valence electrons. The summed E-state index contributed by atoms with van der Waals surface area (Å²) in [5.41, 5.74) is 2.37. The maximum absolute atomic E-state index is 12.1. The van der Waals surface area contributed by atoms with Crippen LogP contribution in [0.3, 0.4) is 0 Å². The second-order valence-corrected chi connectivity index (χ2v) is 5.73. The fourth-order valence-corrected chi connectivity index (χ4v) is 1.99.